The van der Waals surface area contributed by atoms with Crippen LogP contribution in [-0.4, -0.2) is 52.4 Å². The van der Waals surface area contributed by atoms with Gasteiger partial charge in [-0.15, -0.1) is 0 Å². The van der Waals surface area contributed by atoms with E-state index in [1.807, 2.05) is 0 Å². The number of aromatic nitrogens is 1. The van der Waals surface area contributed by atoms with Gasteiger partial charge in [-0.25, -0.2) is 21.2 Å². The van der Waals surface area contributed by atoms with Crippen LogP contribution in [0.15, 0.2) is 65.7 Å². The number of pyridine rings is 1. The molecule has 1 N–H and O–H groups in total. The maximum absolute atomic E-state index is 14.3. The van der Waals surface area contributed by atoms with E-state index in [2.05, 4.69) is 10.3 Å². The highest BCUT2D eigenvalue weighted by Gasteiger charge is 2.60. The molecule has 1 aliphatic carbocycles. The second-order valence-electron chi connectivity index (χ2n) is 10.9. The number of sulfone groups is 1. The van der Waals surface area contributed by atoms with Gasteiger partial charge in [0, 0.05) is 23.2 Å². The molecule has 1 amide bonds. The third-order valence-electron chi connectivity index (χ3n) is 8.49. The van der Waals surface area contributed by atoms with Gasteiger partial charge in [-0.2, -0.15) is 0 Å². The van der Waals surface area contributed by atoms with E-state index in [1.54, 1.807) is 30.3 Å². The molecule has 3 aliphatic rings. The summed E-state index contributed by atoms with van der Waals surface area (Å²) in [5.74, 6) is -0.643. The number of carbonyl (C=O) groups excluding carboxylic acids is 1. The Bertz CT molecular complexity index is 1730. The Labute approximate surface area is 238 Å². The number of nitrogens with one attached hydrogen (secondary N) is 1. The van der Waals surface area contributed by atoms with Crippen molar-refractivity contribution in [2.75, 3.05) is 22.9 Å². The van der Waals surface area contributed by atoms with E-state index in [9.17, 15) is 26.0 Å². The van der Waals surface area contributed by atoms with Crippen molar-refractivity contribution in [3.63, 3.8) is 0 Å². The third kappa shape index (κ3) is 4.86. The van der Waals surface area contributed by atoms with Gasteiger partial charge in [0.15, 0.2) is 0 Å². The minimum absolute atomic E-state index is 0.0575. The smallest absolute Gasteiger partial charge is 0.264 e. The van der Waals surface area contributed by atoms with Gasteiger partial charge in [0.1, 0.15) is 21.4 Å². The Morgan fingerprint density at radius 2 is 1.88 bits per heavy atom. The molecule has 12 heteroatoms. The molecule has 3 aromatic rings. The zero-order chi connectivity index (χ0) is 29.0. The Hall–Kier alpha value is -3.51. The molecule has 1 saturated carbocycles. The van der Waals surface area contributed by atoms with Gasteiger partial charge < -0.3 is 10.1 Å². The number of rotatable bonds is 7. The summed E-state index contributed by atoms with van der Waals surface area (Å²) < 4.78 is 74.5. The molecular weight excluding hydrogens is 569 g/mol. The normalized spacial score (nSPS) is 20.9. The number of ether oxygens (including phenoxy) is 1. The van der Waals surface area contributed by atoms with Gasteiger partial charge in [-0.1, -0.05) is 6.07 Å². The molecule has 1 aromatic heterocycles. The van der Waals surface area contributed by atoms with Crippen LogP contribution in [0.3, 0.4) is 0 Å². The van der Waals surface area contributed by atoms with Crippen molar-refractivity contribution in [2.24, 2.45) is 5.92 Å². The van der Waals surface area contributed by atoms with E-state index in [0.29, 0.717) is 17.0 Å². The monoisotopic (exact) mass is 599 g/mol. The molecule has 9 nitrogen and oxygen atoms in total. The van der Waals surface area contributed by atoms with Crippen molar-refractivity contribution >= 4 is 31.5 Å². The lowest BCUT2D eigenvalue weighted by molar-refractivity contribution is 0.0950. The Morgan fingerprint density at radius 3 is 2.56 bits per heavy atom. The summed E-state index contributed by atoms with van der Waals surface area (Å²) in [6, 6.07) is 13.4. The van der Waals surface area contributed by atoms with Gasteiger partial charge in [0.25, 0.3) is 15.9 Å². The van der Waals surface area contributed by atoms with Crippen LogP contribution in [0.4, 0.5) is 10.1 Å². The van der Waals surface area contributed by atoms with Crippen molar-refractivity contribution in [3.8, 4) is 5.75 Å². The van der Waals surface area contributed by atoms with E-state index in [1.165, 1.54) is 41.9 Å². The summed E-state index contributed by atoms with van der Waals surface area (Å²) in [6.07, 6.45) is 3.63. The number of halogens is 1. The zero-order valence-corrected chi connectivity index (χ0v) is 24.0. The maximum Gasteiger partial charge on any atom is 0.264 e. The van der Waals surface area contributed by atoms with E-state index in [-0.39, 0.29) is 53.0 Å². The molecular formula is C29H30FN3O6S2. The molecule has 2 aromatic carbocycles. The van der Waals surface area contributed by atoms with Crippen molar-refractivity contribution in [1.82, 2.24) is 10.3 Å². The third-order valence-corrected chi connectivity index (χ3v) is 11.9. The van der Waals surface area contributed by atoms with Crippen LogP contribution < -0.4 is 14.4 Å². The second kappa shape index (κ2) is 10.1. The molecule has 2 aliphatic heterocycles. The number of sulfonamides is 1. The quantitative estimate of drug-likeness (QED) is 0.440. The lowest BCUT2D eigenvalue weighted by atomic mass is 9.70. The van der Waals surface area contributed by atoms with Crippen molar-refractivity contribution < 1.29 is 30.8 Å². The lowest BCUT2D eigenvalue weighted by Gasteiger charge is -2.41. The minimum Gasteiger partial charge on any atom is -0.497 e. The van der Waals surface area contributed by atoms with E-state index < -0.39 is 43.0 Å². The van der Waals surface area contributed by atoms with E-state index in [4.69, 9.17) is 4.74 Å². The predicted octanol–water partition coefficient (Wildman–Crippen LogP) is 3.59. The molecule has 1 unspecified atom stereocenters. The standard InChI is InChI=1S/C29H30FN3O6S2/c1-39-21-4-2-5-22(17-21)41(37,38)33-26-10-9-20(28(34)32-18-25-24(30)6-3-13-31-25)16-23(26)29(27(33)19-7-8-19)11-14-40(35,36)15-12-29/h2-6,9-10,13,16-17,19,27H,7-8,11-12,14-15,18H2,1H3,(H,32,34). The molecule has 6 rings (SSSR count). The number of anilines is 1. The summed E-state index contributed by atoms with van der Waals surface area (Å²) in [5, 5.41) is 2.69. The lowest BCUT2D eigenvalue weighted by Crippen LogP contribution is -2.52. The molecule has 2 fully saturated rings. The fourth-order valence-corrected chi connectivity index (χ4v) is 9.68. The van der Waals surface area contributed by atoms with Crippen LogP contribution in [0.2, 0.25) is 0 Å². The summed E-state index contributed by atoms with van der Waals surface area (Å²) in [5.41, 5.74) is 0.726. The van der Waals surface area contributed by atoms with Gasteiger partial charge in [0.2, 0.25) is 0 Å². The minimum atomic E-state index is -4.07. The first-order chi connectivity index (χ1) is 19.6. The van der Waals surface area contributed by atoms with Gasteiger partial charge >= 0.3 is 0 Å². The highest BCUT2D eigenvalue weighted by molar-refractivity contribution is 7.93. The van der Waals surface area contributed by atoms with E-state index >= 15 is 0 Å². The van der Waals surface area contributed by atoms with Crippen LogP contribution in [0.1, 0.15) is 47.3 Å². The number of nitrogens with zero attached hydrogens (tertiary/aromatic N) is 2. The van der Waals surface area contributed by atoms with Crippen molar-refractivity contribution in [2.45, 2.75) is 48.6 Å². The number of benzene rings is 2. The molecule has 3 heterocycles. The highest BCUT2D eigenvalue weighted by atomic mass is 32.2. The predicted molar refractivity (Wildman–Crippen MR) is 151 cm³/mol. The van der Waals surface area contributed by atoms with Crippen LogP contribution >= 0.6 is 0 Å². The maximum atomic E-state index is 14.3. The Balaban J connectivity index is 1.44. The highest BCUT2D eigenvalue weighted by Crippen LogP contribution is 2.59. The van der Waals surface area contributed by atoms with Crippen molar-refractivity contribution in [3.05, 3.63) is 83.4 Å². The Kier molecular flexibility index (Phi) is 6.80. The summed E-state index contributed by atoms with van der Waals surface area (Å²) in [4.78, 5) is 17.2. The first-order valence-corrected chi connectivity index (χ1v) is 16.7. The average Bonchev–Trinajstić information content (AvgIpc) is 3.77. The van der Waals surface area contributed by atoms with Gasteiger partial charge in [-0.3, -0.25) is 14.1 Å². The number of carbonyl (C=O) groups is 1. The average molecular weight is 600 g/mol. The molecule has 41 heavy (non-hydrogen) atoms. The largest absolute Gasteiger partial charge is 0.497 e. The summed E-state index contributed by atoms with van der Waals surface area (Å²) in [7, 11) is -5.87. The zero-order valence-electron chi connectivity index (χ0n) is 22.4. The molecule has 0 radical (unpaired) electrons. The molecule has 1 spiro atoms. The SMILES string of the molecule is COc1cccc(S(=O)(=O)N2c3ccc(C(=O)NCc4ncccc4F)cc3C3(CCS(=O)(=O)CC3)C2C2CC2)c1. The van der Waals surface area contributed by atoms with Crippen LogP contribution in [0.25, 0.3) is 0 Å². The van der Waals surface area contributed by atoms with Crippen LogP contribution in [0.5, 0.6) is 5.75 Å². The van der Waals surface area contributed by atoms with Gasteiger partial charge in [-0.05, 0) is 79.6 Å². The first-order valence-electron chi connectivity index (χ1n) is 13.5. The molecule has 0 bridgehead atoms. The Morgan fingerprint density at radius 1 is 1.12 bits per heavy atom. The number of methoxy groups -OCH3 is 1. The molecule has 216 valence electrons. The van der Waals surface area contributed by atoms with E-state index in [0.717, 1.165) is 12.8 Å². The van der Waals surface area contributed by atoms with Crippen LogP contribution in [-0.2, 0) is 31.8 Å². The fraction of sp³-hybridized carbons (Fsp3) is 0.379. The molecule has 1 atom stereocenters. The van der Waals surface area contributed by atoms with Crippen molar-refractivity contribution in [1.29, 1.82) is 0 Å². The number of hydrogen-bond donors (Lipinski definition) is 1. The molecule has 1 saturated heterocycles. The number of hydrogen-bond acceptors (Lipinski definition) is 7. The summed E-state index contributed by atoms with van der Waals surface area (Å²) >= 11 is 0. The first kappa shape index (κ1) is 27.6. The van der Waals surface area contributed by atoms with Gasteiger partial charge in [0.05, 0.1) is 47.5 Å². The fourth-order valence-electron chi connectivity index (χ4n) is 6.29. The van der Waals surface area contributed by atoms with Crippen LogP contribution in [0, 0.1) is 11.7 Å². The number of fused-ring (bicyclic) bond motifs is 2. The summed E-state index contributed by atoms with van der Waals surface area (Å²) in [6.45, 7) is -0.118. The topological polar surface area (TPSA) is 123 Å². The number of amides is 1. The second-order valence-corrected chi connectivity index (χ2v) is 15.0.